The van der Waals surface area contributed by atoms with Crippen molar-refractivity contribution >= 4 is 21.5 Å². The zero-order valence-corrected chi connectivity index (χ0v) is 35.1. The van der Waals surface area contributed by atoms with Gasteiger partial charge in [0.15, 0.2) is 0 Å². The first-order valence-electron chi connectivity index (χ1n) is 23.1. The molecule has 2 heterocycles. The maximum Gasteiger partial charge on any atom is 0.0886 e. The van der Waals surface area contributed by atoms with Gasteiger partial charge in [0.1, 0.15) is 0 Å². The molecule has 2 fully saturated rings. The van der Waals surface area contributed by atoms with Crippen LogP contribution in [0.5, 0.6) is 0 Å². The van der Waals surface area contributed by atoms with Gasteiger partial charge in [-0.05, 0) is 156 Å². The molecular formula is C60H48N2. The summed E-state index contributed by atoms with van der Waals surface area (Å²) in [5.41, 5.74) is 21.3. The molecule has 2 nitrogen and oxygen atoms in total. The lowest BCUT2D eigenvalue weighted by Gasteiger charge is -2.36. The van der Waals surface area contributed by atoms with Crippen molar-refractivity contribution in [3.8, 4) is 67.0 Å². The molecule has 0 amide bonds. The van der Waals surface area contributed by atoms with Crippen LogP contribution in [0, 0.1) is 0 Å². The molecule has 4 aliphatic rings. The maximum atomic E-state index is 4.94. The summed E-state index contributed by atoms with van der Waals surface area (Å²) in [5, 5.41) is 5.20. The Morgan fingerprint density at radius 2 is 0.806 bits per heavy atom. The van der Waals surface area contributed by atoms with E-state index in [1.807, 2.05) is 30.6 Å². The van der Waals surface area contributed by atoms with Crippen LogP contribution < -0.4 is 0 Å². The van der Waals surface area contributed by atoms with Crippen molar-refractivity contribution < 1.29 is 0 Å². The minimum absolute atomic E-state index is 0.0784. The highest BCUT2D eigenvalue weighted by molar-refractivity contribution is 6.22. The van der Waals surface area contributed by atoms with E-state index in [1.54, 1.807) is 5.56 Å². The van der Waals surface area contributed by atoms with Crippen LogP contribution in [-0.2, 0) is 10.8 Å². The minimum atomic E-state index is 0.0784. The molecule has 2 saturated carbocycles. The molecule has 13 rings (SSSR count). The lowest BCUT2D eigenvalue weighted by atomic mass is 9.67. The summed E-state index contributed by atoms with van der Waals surface area (Å²) >= 11 is 0. The fourth-order valence-electron chi connectivity index (χ4n) is 12.8. The van der Waals surface area contributed by atoms with Gasteiger partial charge in [-0.15, -0.1) is 0 Å². The quantitative estimate of drug-likeness (QED) is 0.166. The summed E-state index contributed by atoms with van der Waals surface area (Å²) in [7, 11) is 0. The van der Waals surface area contributed by atoms with Gasteiger partial charge >= 0.3 is 0 Å². The summed E-state index contributed by atoms with van der Waals surface area (Å²) in [6.45, 7) is 0. The van der Waals surface area contributed by atoms with Gasteiger partial charge in [0.25, 0.3) is 0 Å². The first-order valence-corrected chi connectivity index (χ1v) is 23.1. The van der Waals surface area contributed by atoms with Crippen LogP contribution in [0.2, 0.25) is 0 Å². The van der Waals surface area contributed by atoms with Gasteiger partial charge in [0, 0.05) is 28.8 Å². The molecular weight excluding hydrogens is 749 g/mol. The highest BCUT2D eigenvalue weighted by atomic mass is 14.8. The molecule has 9 aromatic rings. The topological polar surface area (TPSA) is 25.8 Å². The van der Waals surface area contributed by atoms with Crippen molar-refractivity contribution in [1.29, 1.82) is 0 Å². The van der Waals surface area contributed by atoms with E-state index < -0.39 is 0 Å². The van der Waals surface area contributed by atoms with Gasteiger partial charge in [-0.1, -0.05) is 160 Å². The monoisotopic (exact) mass is 796 g/mol. The third-order valence-corrected chi connectivity index (χ3v) is 15.6. The average Bonchev–Trinajstić information content (AvgIpc) is 3.76. The number of pyridine rings is 2. The second-order valence-electron chi connectivity index (χ2n) is 18.6. The minimum Gasteiger partial charge on any atom is -0.255 e. The SMILES string of the molecule is c1ccc(-c2ccc(-c3ccc4c(-c5ccc6c(c5)C5(CCCCC5)c5ccccc5-6)c5ccccc5c(-c5ccc6c(c5)C5(CCCCC5)c5ccccc5-6)c4c3)cn2)nc1. The number of fused-ring (bicyclic) bond motifs is 12. The number of hydrogen-bond donors (Lipinski definition) is 0. The molecule has 0 saturated heterocycles. The zero-order valence-electron chi connectivity index (χ0n) is 35.1. The second-order valence-corrected chi connectivity index (χ2v) is 18.6. The number of nitrogens with zero attached hydrogens (tertiary/aromatic N) is 2. The molecule has 0 unspecified atom stereocenters. The van der Waals surface area contributed by atoms with Crippen molar-refractivity contribution in [3.63, 3.8) is 0 Å². The summed E-state index contributed by atoms with van der Waals surface area (Å²) < 4.78 is 0. The molecule has 62 heavy (non-hydrogen) atoms. The van der Waals surface area contributed by atoms with E-state index in [0.29, 0.717) is 0 Å². The van der Waals surface area contributed by atoms with Crippen molar-refractivity contribution in [2.24, 2.45) is 0 Å². The summed E-state index contributed by atoms with van der Waals surface area (Å²) in [5.74, 6) is 0. The first-order chi connectivity index (χ1) is 30.7. The Hall–Kier alpha value is -6.64. The summed E-state index contributed by atoms with van der Waals surface area (Å²) in [4.78, 5) is 9.51. The van der Waals surface area contributed by atoms with E-state index in [4.69, 9.17) is 4.98 Å². The molecule has 0 radical (unpaired) electrons. The van der Waals surface area contributed by atoms with Gasteiger partial charge in [-0.2, -0.15) is 0 Å². The van der Waals surface area contributed by atoms with Crippen LogP contribution in [0.1, 0.15) is 86.5 Å². The van der Waals surface area contributed by atoms with Crippen LogP contribution in [0.3, 0.4) is 0 Å². The summed E-state index contributed by atoms with van der Waals surface area (Å²) in [6, 6.07) is 60.3. The molecule has 2 heteroatoms. The van der Waals surface area contributed by atoms with Crippen LogP contribution in [0.25, 0.3) is 88.6 Å². The standard InChI is InChI=1S/C60H48N2/c1-10-30-59(31-11-1)51-19-7-5-15-43(51)45-26-23-40(36-53(45)59)57-47-17-3-4-18-48(47)58(41-24-27-46-44-16-6-8-20-52(44)60(54(46)37-41)32-12-2-13-33-60)50-35-39(22-28-49(50)57)42-25-29-56(62-38-42)55-21-9-14-34-61-55/h3-9,14-29,34-38H,1-2,10-13,30-33H2. The van der Waals surface area contributed by atoms with E-state index in [0.717, 1.165) is 17.0 Å². The molecule has 0 aliphatic heterocycles. The van der Waals surface area contributed by atoms with Gasteiger partial charge in [0.05, 0.1) is 11.4 Å². The van der Waals surface area contributed by atoms with Crippen LogP contribution in [-0.4, -0.2) is 9.97 Å². The smallest absolute Gasteiger partial charge is 0.0886 e. The Labute approximate surface area is 364 Å². The Balaban J connectivity index is 1.06. The van der Waals surface area contributed by atoms with Crippen molar-refractivity contribution in [1.82, 2.24) is 9.97 Å². The van der Waals surface area contributed by atoms with Gasteiger partial charge in [-0.25, -0.2) is 0 Å². The molecule has 7 aromatic carbocycles. The van der Waals surface area contributed by atoms with Crippen LogP contribution >= 0.6 is 0 Å². The van der Waals surface area contributed by atoms with Crippen LogP contribution in [0.4, 0.5) is 0 Å². The summed E-state index contributed by atoms with van der Waals surface area (Å²) in [6.07, 6.45) is 16.5. The number of hydrogen-bond acceptors (Lipinski definition) is 2. The Morgan fingerprint density at radius 1 is 0.323 bits per heavy atom. The molecule has 298 valence electrons. The number of rotatable bonds is 4. The maximum absolute atomic E-state index is 4.94. The Morgan fingerprint density at radius 3 is 1.37 bits per heavy atom. The van der Waals surface area contributed by atoms with Crippen molar-refractivity contribution in [2.45, 2.75) is 75.0 Å². The average molecular weight is 797 g/mol. The zero-order chi connectivity index (χ0) is 40.8. The largest absolute Gasteiger partial charge is 0.255 e. The van der Waals surface area contributed by atoms with Gasteiger partial charge in [0.2, 0.25) is 0 Å². The van der Waals surface area contributed by atoms with E-state index in [-0.39, 0.29) is 10.8 Å². The van der Waals surface area contributed by atoms with E-state index >= 15 is 0 Å². The van der Waals surface area contributed by atoms with E-state index in [1.165, 1.54) is 153 Å². The molecule has 0 atom stereocenters. The third-order valence-electron chi connectivity index (χ3n) is 15.6. The molecule has 0 bridgehead atoms. The molecule has 4 aliphatic carbocycles. The van der Waals surface area contributed by atoms with Gasteiger partial charge in [-0.3, -0.25) is 9.97 Å². The predicted molar refractivity (Wildman–Crippen MR) is 257 cm³/mol. The van der Waals surface area contributed by atoms with Crippen molar-refractivity contribution in [3.05, 3.63) is 192 Å². The molecule has 2 spiro atoms. The molecule has 2 aromatic heterocycles. The highest BCUT2D eigenvalue weighted by Gasteiger charge is 2.45. The number of benzene rings is 7. The lowest BCUT2D eigenvalue weighted by molar-refractivity contribution is 0.353. The van der Waals surface area contributed by atoms with E-state index in [2.05, 4.69) is 145 Å². The van der Waals surface area contributed by atoms with Crippen LogP contribution in [0.15, 0.2) is 170 Å². The third kappa shape index (κ3) is 5.22. The Bertz CT molecular complexity index is 3240. The lowest BCUT2D eigenvalue weighted by Crippen LogP contribution is -2.28. The van der Waals surface area contributed by atoms with Gasteiger partial charge < -0.3 is 0 Å². The normalized spacial score (nSPS) is 16.6. The highest BCUT2D eigenvalue weighted by Crippen LogP contribution is 2.59. The second kappa shape index (κ2) is 13.9. The number of aromatic nitrogens is 2. The predicted octanol–water partition coefficient (Wildman–Crippen LogP) is 15.9. The van der Waals surface area contributed by atoms with Crippen molar-refractivity contribution in [2.75, 3.05) is 0 Å². The fraction of sp³-hybridized carbons (Fsp3) is 0.200. The van der Waals surface area contributed by atoms with E-state index in [9.17, 15) is 0 Å². The molecule has 0 N–H and O–H groups in total. The Kier molecular flexibility index (Phi) is 8.11. The first kappa shape index (κ1) is 36.1. The fourth-order valence-corrected chi connectivity index (χ4v) is 12.8.